The quantitative estimate of drug-likeness (QED) is 0.846. The summed E-state index contributed by atoms with van der Waals surface area (Å²) in [4.78, 5) is 25.2. The van der Waals surface area contributed by atoms with Crippen molar-refractivity contribution in [2.75, 3.05) is 43.0 Å². The van der Waals surface area contributed by atoms with Crippen LogP contribution in [0.3, 0.4) is 0 Å². The first kappa shape index (κ1) is 19.2. The number of nitrogens with one attached hydrogen (secondary N) is 1. The van der Waals surface area contributed by atoms with Gasteiger partial charge >= 0.3 is 6.03 Å². The number of urea groups is 1. The molecule has 0 aliphatic carbocycles. The van der Waals surface area contributed by atoms with Crippen LogP contribution >= 0.6 is 11.6 Å². The Hall–Kier alpha value is -2.54. The minimum absolute atomic E-state index is 0.122. The molecule has 0 spiro atoms. The molecule has 0 radical (unpaired) electrons. The van der Waals surface area contributed by atoms with Crippen molar-refractivity contribution in [1.82, 2.24) is 14.9 Å². The monoisotopic (exact) mass is 389 g/mol. The van der Waals surface area contributed by atoms with Crippen LogP contribution in [0.5, 0.6) is 5.88 Å². The Morgan fingerprint density at radius 3 is 2.70 bits per heavy atom. The molecule has 3 rings (SSSR count). The van der Waals surface area contributed by atoms with E-state index in [1.54, 1.807) is 17.0 Å². The van der Waals surface area contributed by atoms with Crippen molar-refractivity contribution in [3.8, 4) is 5.88 Å². The molecule has 7 nitrogen and oxygen atoms in total. The second kappa shape index (κ2) is 8.90. The number of benzene rings is 1. The maximum absolute atomic E-state index is 12.5. The second-order valence-corrected chi connectivity index (χ2v) is 6.81. The molecule has 1 fully saturated rings. The topological polar surface area (TPSA) is 70.6 Å². The smallest absolute Gasteiger partial charge is 0.321 e. The zero-order valence-electron chi connectivity index (χ0n) is 15.6. The molecule has 1 N–H and O–H groups in total. The predicted molar refractivity (Wildman–Crippen MR) is 107 cm³/mol. The van der Waals surface area contributed by atoms with E-state index in [0.29, 0.717) is 55.2 Å². The number of aromatic nitrogens is 2. The molecule has 0 unspecified atom stereocenters. The Morgan fingerprint density at radius 2 is 2.00 bits per heavy atom. The minimum atomic E-state index is -0.122. The Kier molecular flexibility index (Phi) is 6.34. The third kappa shape index (κ3) is 5.23. The summed E-state index contributed by atoms with van der Waals surface area (Å²) in [6.45, 7) is 7.17. The van der Waals surface area contributed by atoms with Crippen LogP contribution in [0.25, 0.3) is 0 Å². The molecule has 27 heavy (non-hydrogen) atoms. The van der Waals surface area contributed by atoms with Gasteiger partial charge in [-0.15, -0.1) is 0 Å². The molecule has 8 heteroatoms. The average Bonchev–Trinajstić information content (AvgIpc) is 2.66. The fourth-order valence-corrected chi connectivity index (χ4v) is 3.07. The maximum atomic E-state index is 12.5. The number of aryl methyl sites for hydroxylation is 1. The van der Waals surface area contributed by atoms with E-state index in [1.165, 1.54) is 0 Å². The van der Waals surface area contributed by atoms with E-state index in [2.05, 4.69) is 27.1 Å². The third-order valence-electron chi connectivity index (χ3n) is 4.22. The van der Waals surface area contributed by atoms with Crippen molar-refractivity contribution in [3.63, 3.8) is 0 Å². The van der Waals surface area contributed by atoms with Gasteiger partial charge in [0.15, 0.2) is 0 Å². The van der Waals surface area contributed by atoms with Gasteiger partial charge in [-0.3, -0.25) is 0 Å². The van der Waals surface area contributed by atoms with Gasteiger partial charge in [-0.25, -0.2) is 9.78 Å². The van der Waals surface area contributed by atoms with Gasteiger partial charge in [0, 0.05) is 43.0 Å². The van der Waals surface area contributed by atoms with Crippen molar-refractivity contribution in [2.45, 2.75) is 20.3 Å². The normalized spacial score (nSPS) is 14.2. The SMILES string of the molecule is CCCOc1cc(N2CCN(C(=O)Nc3cccc(Cl)c3)CC2)nc(C)n1. The Balaban J connectivity index is 1.58. The molecular formula is C19H24ClN5O2. The first-order valence-corrected chi connectivity index (χ1v) is 9.48. The van der Waals surface area contributed by atoms with Gasteiger partial charge in [0.2, 0.25) is 5.88 Å². The second-order valence-electron chi connectivity index (χ2n) is 6.37. The van der Waals surface area contributed by atoms with E-state index in [9.17, 15) is 4.79 Å². The molecule has 2 heterocycles. The van der Waals surface area contributed by atoms with Crippen LogP contribution in [-0.4, -0.2) is 53.7 Å². The summed E-state index contributed by atoms with van der Waals surface area (Å²) in [6, 6.07) is 8.88. The Labute approximate surface area is 164 Å². The number of amides is 2. The standard InChI is InChI=1S/C19H24ClN5O2/c1-3-11-27-18-13-17(21-14(2)22-18)24-7-9-25(10-8-24)19(26)23-16-6-4-5-15(20)12-16/h4-6,12-13H,3,7-11H2,1-2H3,(H,23,26). The summed E-state index contributed by atoms with van der Waals surface area (Å²) < 4.78 is 5.64. The number of hydrogen-bond acceptors (Lipinski definition) is 5. The Morgan fingerprint density at radius 1 is 1.22 bits per heavy atom. The van der Waals surface area contributed by atoms with Crippen LogP contribution in [0.1, 0.15) is 19.2 Å². The molecule has 1 aromatic carbocycles. The van der Waals surface area contributed by atoms with Crippen LogP contribution in [0, 0.1) is 6.92 Å². The lowest BCUT2D eigenvalue weighted by Crippen LogP contribution is -2.50. The van der Waals surface area contributed by atoms with E-state index >= 15 is 0 Å². The van der Waals surface area contributed by atoms with Crippen molar-refractivity contribution < 1.29 is 9.53 Å². The third-order valence-corrected chi connectivity index (χ3v) is 4.46. The molecule has 144 valence electrons. The molecular weight excluding hydrogens is 366 g/mol. The zero-order valence-corrected chi connectivity index (χ0v) is 16.4. The van der Waals surface area contributed by atoms with Gasteiger partial charge in [0.25, 0.3) is 0 Å². The van der Waals surface area contributed by atoms with Gasteiger partial charge in [-0.2, -0.15) is 4.98 Å². The van der Waals surface area contributed by atoms with Gasteiger partial charge in [0.05, 0.1) is 6.61 Å². The van der Waals surface area contributed by atoms with Crippen molar-refractivity contribution in [2.24, 2.45) is 0 Å². The van der Waals surface area contributed by atoms with E-state index in [1.807, 2.05) is 25.1 Å². The zero-order chi connectivity index (χ0) is 19.2. The fraction of sp³-hybridized carbons (Fsp3) is 0.421. The molecule has 2 aromatic rings. The number of halogens is 1. The highest BCUT2D eigenvalue weighted by atomic mass is 35.5. The molecule has 1 saturated heterocycles. The van der Waals surface area contributed by atoms with Crippen LogP contribution < -0.4 is 15.0 Å². The molecule has 1 aromatic heterocycles. The first-order chi connectivity index (χ1) is 13.0. The van der Waals surface area contributed by atoms with Gasteiger partial charge < -0.3 is 19.9 Å². The van der Waals surface area contributed by atoms with E-state index in [0.717, 1.165) is 12.2 Å². The molecule has 0 atom stereocenters. The largest absolute Gasteiger partial charge is 0.478 e. The van der Waals surface area contributed by atoms with Crippen molar-refractivity contribution in [1.29, 1.82) is 0 Å². The minimum Gasteiger partial charge on any atom is -0.478 e. The number of hydrogen-bond donors (Lipinski definition) is 1. The highest BCUT2D eigenvalue weighted by Gasteiger charge is 2.22. The lowest BCUT2D eigenvalue weighted by molar-refractivity contribution is 0.208. The van der Waals surface area contributed by atoms with Gasteiger partial charge in [-0.05, 0) is 31.5 Å². The summed E-state index contributed by atoms with van der Waals surface area (Å²) in [7, 11) is 0. The van der Waals surface area contributed by atoms with Crippen LogP contribution in [0.2, 0.25) is 5.02 Å². The van der Waals surface area contributed by atoms with E-state index in [-0.39, 0.29) is 6.03 Å². The number of piperazine rings is 1. The van der Waals surface area contributed by atoms with Crippen LogP contribution in [0.15, 0.2) is 30.3 Å². The lowest BCUT2D eigenvalue weighted by atomic mass is 10.3. The van der Waals surface area contributed by atoms with E-state index in [4.69, 9.17) is 16.3 Å². The number of nitrogens with zero attached hydrogens (tertiary/aromatic N) is 4. The lowest BCUT2D eigenvalue weighted by Gasteiger charge is -2.35. The summed E-state index contributed by atoms with van der Waals surface area (Å²) in [5.74, 6) is 2.11. The predicted octanol–water partition coefficient (Wildman–Crippen LogP) is 3.58. The molecule has 1 aliphatic heterocycles. The number of carbonyl (C=O) groups is 1. The van der Waals surface area contributed by atoms with Gasteiger partial charge in [0.1, 0.15) is 11.6 Å². The number of anilines is 2. The molecule has 0 bridgehead atoms. The summed E-state index contributed by atoms with van der Waals surface area (Å²) in [6.07, 6.45) is 0.929. The molecule has 1 aliphatic rings. The fourth-order valence-electron chi connectivity index (χ4n) is 2.88. The first-order valence-electron chi connectivity index (χ1n) is 9.10. The number of rotatable bonds is 5. The number of carbonyl (C=O) groups excluding carboxylic acids is 1. The molecule has 0 saturated carbocycles. The van der Waals surface area contributed by atoms with E-state index < -0.39 is 0 Å². The summed E-state index contributed by atoms with van der Waals surface area (Å²) >= 11 is 5.96. The molecule has 2 amide bonds. The Bertz CT molecular complexity index is 793. The van der Waals surface area contributed by atoms with Crippen LogP contribution in [-0.2, 0) is 0 Å². The van der Waals surface area contributed by atoms with Crippen molar-refractivity contribution in [3.05, 3.63) is 41.2 Å². The highest BCUT2D eigenvalue weighted by molar-refractivity contribution is 6.30. The van der Waals surface area contributed by atoms with Crippen molar-refractivity contribution >= 4 is 29.1 Å². The average molecular weight is 390 g/mol. The summed E-state index contributed by atoms with van der Waals surface area (Å²) in [5.41, 5.74) is 0.694. The van der Waals surface area contributed by atoms with Crippen LogP contribution in [0.4, 0.5) is 16.3 Å². The number of ether oxygens (including phenoxy) is 1. The van der Waals surface area contributed by atoms with Gasteiger partial charge in [-0.1, -0.05) is 24.6 Å². The summed E-state index contributed by atoms with van der Waals surface area (Å²) in [5, 5.41) is 3.48. The highest BCUT2D eigenvalue weighted by Crippen LogP contribution is 2.20. The maximum Gasteiger partial charge on any atom is 0.321 e.